The van der Waals surface area contributed by atoms with Crippen LogP contribution in [0.25, 0.3) is 0 Å². The molecule has 6 heteroatoms. The standard InChI is InChI=1S/C12H23N3O3/c1-4-6-14(9-11(16)17)12(18)15-7-5-10(8-15)13(2)3/h10H,4-9H2,1-3H3,(H,16,17). The van der Waals surface area contributed by atoms with E-state index in [1.165, 1.54) is 4.90 Å². The van der Waals surface area contributed by atoms with Crippen LogP contribution in [0.15, 0.2) is 0 Å². The van der Waals surface area contributed by atoms with Crippen molar-refractivity contribution in [2.24, 2.45) is 0 Å². The van der Waals surface area contributed by atoms with Crippen LogP contribution in [0.5, 0.6) is 0 Å². The summed E-state index contributed by atoms with van der Waals surface area (Å²) >= 11 is 0. The normalized spacial score (nSPS) is 19.3. The Morgan fingerprint density at radius 2 is 2.06 bits per heavy atom. The zero-order chi connectivity index (χ0) is 13.7. The van der Waals surface area contributed by atoms with Crippen molar-refractivity contribution in [2.45, 2.75) is 25.8 Å². The van der Waals surface area contributed by atoms with Gasteiger partial charge in [-0.2, -0.15) is 0 Å². The quantitative estimate of drug-likeness (QED) is 0.780. The van der Waals surface area contributed by atoms with Crippen LogP contribution in [0.1, 0.15) is 19.8 Å². The van der Waals surface area contributed by atoms with Crippen LogP contribution in [0, 0.1) is 0 Å². The monoisotopic (exact) mass is 257 g/mol. The molecule has 0 radical (unpaired) electrons. The van der Waals surface area contributed by atoms with Crippen LogP contribution in [0.4, 0.5) is 4.79 Å². The molecule has 1 saturated heterocycles. The second-order valence-corrected chi connectivity index (χ2v) is 4.95. The highest BCUT2D eigenvalue weighted by atomic mass is 16.4. The third-order valence-electron chi connectivity index (χ3n) is 3.25. The summed E-state index contributed by atoms with van der Waals surface area (Å²) < 4.78 is 0. The topological polar surface area (TPSA) is 64.1 Å². The lowest BCUT2D eigenvalue weighted by Crippen LogP contribution is -2.45. The molecule has 1 heterocycles. The van der Waals surface area contributed by atoms with Gasteiger partial charge in [0.05, 0.1) is 0 Å². The minimum atomic E-state index is -0.958. The molecule has 0 aromatic heterocycles. The molecule has 1 fully saturated rings. The first-order valence-electron chi connectivity index (χ1n) is 6.37. The summed E-state index contributed by atoms with van der Waals surface area (Å²) in [5.41, 5.74) is 0. The van der Waals surface area contributed by atoms with Crippen LogP contribution in [0.3, 0.4) is 0 Å². The van der Waals surface area contributed by atoms with Gasteiger partial charge in [0.2, 0.25) is 0 Å². The number of carboxylic acid groups (broad SMARTS) is 1. The maximum atomic E-state index is 12.2. The molecule has 0 saturated carbocycles. The third kappa shape index (κ3) is 3.87. The molecule has 1 rings (SSSR count). The molecule has 0 aliphatic carbocycles. The molecule has 0 aromatic carbocycles. The summed E-state index contributed by atoms with van der Waals surface area (Å²) in [5.74, 6) is -0.958. The Morgan fingerprint density at radius 1 is 1.39 bits per heavy atom. The van der Waals surface area contributed by atoms with Gasteiger partial charge in [0.15, 0.2) is 0 Å². The lowest BCUT2D eigenvalue weighted by molar-refractivity contribution is -0.137. The second-order valence-electron chi connectivity index (χ2n) is 4.95. The maximum Gasteiger partial charge on any atom is 0.323 e. The predicted molar refractivity (Wildman–Crippen MR) is 68.6 cm³/mol. The number of rotatable bonds is 5. The Morgan fingerprint density at radius 3 is 2.50 bits per heavy atom. The van der Waals surface area contributed by atoms with Gasteiger partial charge in [0, 0.05) is 25.7 Å². The van der Waals surface area contributed by atoms with E-state index >= 15 is 0 Å². The first-order chi connectivity index (χ1) is 8.45. The van der Waals surface area contributed by atoms with E-state index in [1.807, 2.05) is 21.0 Å². The number of carbonyl (C=O) groups excluding carboxylic acids is 1. The number of aliphatic carboxylic acids is 1. The van der Waals surface area contributed by atoms with Gasteiger partial charge in [0.1, 0.15) is 6.54 Å². The smallest absolute Gasteiger partial charge is 0.323 e. The zero-order valence-corrected chi connectivity index (χ0v) is 11.4. The Labute approximate surface area is 108 Å². The number of amides is 2. The van der Waals surface area contributed by atoms with Crippen LogP contribution < -0.4 is 0 Å². The molecule has 1 atom stereocenters. The van der Waals surface area contributed by atoms with E-state index in [0.717, 1.165) is 12.8 Å². The minimum Gasteiger partial charge on any atom is -0.480 e. The predicted octanol–water partition coefficient (Wildman–Crippen LogP) is 0.539. The van der Waals surface area contributed by atoms with Crippen molar-refractivity contribution >= 4 is 12.0 Å². The van der Waals surface area contributed by atoms with Gasteiger partial charge in [-0.25, -0.2) is 4.79 Å². The van der Waals surface area contributed by atoms with Crippen LogP contribution in [-0.4, -0.2) is 78.1 Å². The average Bonchev–Trinajstić information content (AvgIpc) is 2.76. The molecule has 0 bridgehead atoms. The number of nitrogens with zero attached hydrogens (tertiary/aromatic N) is 3. The van der Waals surface area contributed by atoms with E-state index in [2.05, 4.69) is 4.90 Å². The Hall–Kier alpha value is -1.30. The van der Waals surface area contributed by atoms with Gasteiger partial charge in [0.25, 0.3) is 0 Å². The molecule has 6 nitrogen and oxygen atoms in total. The summed E-state index contributed by atoms with van der Waals surface area (Å²) in [6, 6.07) is 0.228. The van der Waals surface area contributed by atoms with E-state index in [4.69, 9.17) is 5.11 Å². The SMILES string of the molecule is CCCN(CC(=O)O)C(=O)N1CCC(N(C)C)C1. The highest BCUT2D eigenvalue weighted by Gasteiger charge is 2.30. The van der Waals surface area contributed by atoms with E-state index in [-0.39, 0.29) is 12.6 Å². The van der Waals surface area contributed by atoms with Crippen molar-refractivity contribution in [1.29, 1.82) is 0 Å². The Kier molecular flexibility index (Phi) is 5.40. The van der Waals surface area contributed by atoms with Crippen molar-refractivity contribution < 1.29 is 14.7 Å². The lowest BCUT2D eigenvalue weighted by atomic mass is 10.2. The van der Waals surface area contributed by atoms with E-state index in [9.17, 15) is 9.59 Å². The molecule has 1 N–H and O–H groups in total. The number of likely N-dealkylation sites (tertiary alicyclic amines) is 1. The average molecular weight is 257 g/mol. The molecule has 0 aromatic rings. The Balaban J connectivity index is 2.58. The molecule has 18 heavy (non-hydrogen) atoms. The van der Waals surface area contributed by atoms with Crippen molar-refractivity contribution in [3.63, 3.8) is 0 Å². The fourth-order valence-corrected chi connectivity index (χ4v) is 2.21. The first-order valence-corrected chi connectivity index (χ1v) is 6.37. The van der Waals surface area contributed by atoms with Crippen molar-refractivity contribution in [3.8, 4) is 0 Å². The van der Waals surface area contributed by atoms with Crippen LogP contribution in [0.2, 0.25) is 0 Å². The van der Waals surface area contributed by atoms with Gasteiger partial charge in [-0.3, -0.25) is 4.79 Å². The summed E-state index contributed by atoms with van der Waals surface area (Å²) in [4.78, 5) is 28.2. The molecular weight excluding hydrogens is 234 g/mol. The summed E-state index contributed by atoms with van der Waals surface area (Å²) in [7, 11) is 4.00. The van der Waals surface area contributed by atoms with Crippen LogP contribution >= 0.6 is 0 Å². The first kappa shape index (κ1) is 14.8. The van der Waals surface area contributed by atoms with Gasteiger partial charge in [-0.05, 0) is 26.9 Å². The van der Waals surface area contributed by atoms with Crippen molar-refractivity contribution in [2.75, 3.05) is 40.3 Å². The summed E-state index contributed by atoms with van der Waals surface area (Å²) in [6.07, 6.45) is 1.72. The molecule has 104 valence electrons. The van der Waals surface area contributed by atoms with E-state index in [1.54, 1.807) is 4.90 Å². The number of urea groups is 1. The summed E-state index contributed by atoms with van der Waals surface area (Å²) in [6.45, 7) is 3.62. The number of likely N-dealkylation sites (N-methyl/N-ethyl adjacent to an activating group) is 1. The van der Waals surface area contributed by atoms with Crippen LogP contribution in [-0.2, 0) is 4.79 Å². The second kappa shape index (κ2) is 6.58. The zero-order valence-electron chi connectivity index (χ0n) is 11.4. The van der Waals surface area contributed by atoms with Crippen molar-refractivity contribution in [1.82, 2.24) is 14.7 Å². The van der Waals surface area contributed by atoms with E-state index < -0.39 is 5.97 Å². The van der Waals surface area contributed by atoms with E-state index in [0.29, 0.717) is 25.7 Å². The minimum absolute atomic E-state index is 0.149. The fourth-order valence-electron chi connectivity index (χ4n) is 2.21. The largest absolute Gasteiger partial charge is 0.480 e. The van der Waals surface area contributed by atoms with Gasteiger partial charge in [-0.15, -0.1) is 0 Å². The fraction of sp³-hybridized carbons (Fsp3) is 0.833. The molecule has 1 aliphatic rings. The molecule has 0 spiro atoms. The van der Waals surface area contributed by atoms with Gasteiger partial charge >= 0.3 is 12.0 Å². The highest BCUT2D eigenvalue weighted by molar-refractivity contribution is 5.80. The Bertz CT molecular complexity index is 307. The molecule has 1 aliphatic heterocycles. The number of hydrogen-bond acceptors (Lipinski definition) is 3. The maximum absolute atomic E-state index is 12.2. The molecule has 1 unspecified atom stereocenters. The van der Waals surface area contributed by atoms with Gasteiger partial charge < -0.3 is 19.8 Å². The summed E-state index contributed by atoms with van der Waals surface area (Å²) in [5, 5.41) is 8.82. The van der Waals surface area contributed by atoms with Crippen molar-refractivity contribution in [3.05, 3.63) is 0 Å². The number of carbonyl (C=O) groups is 2. The third-order valence-corrected chi connectivity index (χ3v) is 3.25. The lowest BCUT2D eigenvalue weighted by Gasteiger charge is -2.27. The molecule has 2 amide bonds. The number of carboxylic acids is 1. The highest BCUT2D eigenvalue weighted by Crippen LogP contribution is 2.15. The molecular formula is C12H23N3O3. The number of hydrogen-bond donors (Lipinski definition) is 1. The van der Waals surface area contributed by atoms with Gasteiger partial charge in [-0.1, -0.05) is 6.92 Å².